The number of nitrogens with one attached hydrogen (secondary N) is 1. The SMILES string of the molecule is O=C1N[C@H](CN2CCN(c3ccccc3)CC2)[C@@H](COC(=O)c2ccc([N+](=O)[O-])cc2)O1. The molecule has 32 heavy (non-hydrogen) atoms. The van der Waals surface area contributed by atoms with Gasteiger partial charge in [0, 0.05) is 50.5 Å². The van der Waals surface area contributed by atoms with Crippen LogP contribution in [0.25, 0.3) is 0 Å². The molecule has 0 spiro atoms. The lowest BCUT2D eigenvalue weighted by atomic mass is 10.1. The van der Waals surface area contributed by atoms with Gasteiger partial charge in [-0.1, -0.05) is 18.2 Å². The maximum Gasteiger partial charge on any atom is 0.408 e. The Balaban J connectivity index is 1.27. The molecule has 2 aliphatic rings. The van der Waals surface area contributed by atoms with Gasteiger partial charge in [0.2, 0.25) is 0 Å². The first-order valence-electron chi connectivity index (χ1n) is 10.4. The summed E-state index contributed by atoms with van der Waals surface area (Å²) >= 11 is 0. The third-order valence-corrected chi connectivity index (χ3v) is 5.65. The summed E-state index contributed by atoms with van der Waals surface area (Å²) in [7, 11) is 0. The van der Waals surface area contributed by atoms with E-state index < -0.39 is 23.1 Å². The molecule has 2 atom stereocenters. The number of carbonyl (C=O) groups excluding carboxylic acids is 2. The predicted octanol–water partition coefficient (Wildman–Crippen LogP) is 2.05. The molecule has 2 aliphatic heterocycles. The van der Waals surface area contributed by atoms with Crippen molar-refractivity contribution in [3.63, 3.8) is 0 Å². The zero-order valence-electron chi connectivity index (χ0n) is 17.4. The van der Waals surface area contributed by atoms with Crippen LogP contribution in [0.5, 0.6) is 0 Å². The minimum atomic E-state index is -0.627. The van der Waals surface area contributed by atoms with Crippen molar-refractivity contribution in [2.45, 2.75) is 12.1 Å². The van der Waals surface area contributed by atoms with Crippen LogP contribution in [0.4, 0.5) is 16.2 Å². The van der Waals surface area contributed by atoms with Crippen molar-refractivity contribution >= 4 is 23.4 Å². The third-order valence-electron chi connectivity index (χ3n) is 5.65. The maximum absolute atomic E-state index is 12.3. The first kappa shape index (κ1) is 21.6. The molecule has 4 rings (SSSR count). The van der Waals surface area contributed by atoms with Gasteiger partial charge >= 0.3 is 12.1 Å². The van der Waals surface area contributed by atoms with E-state index in [0.717, 1.165) is 26.2 Å². The zero-order chi connectivity index (χ0) is 22.5. The fraction of sp³-hybridized carbons (Fsp3) is 0.364. The number of benzene rings is 2. The highest BCUT2D eigenvalue weighted by atomic mass is 16.6. The lowest BCUT2D eigenvalue weighted by molar-refractivity contribution is -0.384. The van der Waals surface area contributed by atoms with E-state index in [-0.39, 0.29) is 23.9 Å². The Morgan fingerprint density at radius 1 is 1.09 bits per heavy atom. The first-order chi connectivity index (χ1) is 15.5. The average Bonchev–Trinajstić information content (AvgIpc) is 3.17. The number of esters is 1. The number of ether oxygens (including phenoxy) is 2. The second kappa shape index (κ2) is 9.65. The Labute approximate surface area is 184 Å². The summed E-state index contributed by atoms with van der Waals surface area (Å²) in [4.78, 5) is 38.8. The molecule has 0 saturated carbocycles. The van der Waals surface area contributed by atoms with Crippen molar-refractivity contribution in [1.82, 2.24) is 10.2 Å². The van der Waals surface area contributed by atoms with Gasteiger partial charge in [-0.3, -0.25) is 15.0 Å². The number of rotatable bonds is 7. The number of nitro groups is 1. The molecule has 0 aromatic heterocycles. The number of piperazine rings is 1. The summed E-state index contributed by atoms with van der Waals surface area (Å²) in [5, 5.41) is 13.5. The second-order valence-electron chi connectivity index (χ2n) is 7.72. The largest absolute Gasteiger partial charge is 0.458 e. The Kier molecular flexibility index (Phi) is 6.50. The standard InChI is InChI=1S/C22H24N4O6/c27-21(16-6-8-18(9-7-16)26(29)30)31-15-20-19(23-22(28)32-20)14-24-10-12-25(13-11-24)17-4-2-1-3-5-17/h1-9,19-20H,10-15H2,(H,23,28)/t19-,20-/m1/s1. The van der Waals surface area contributed by atoms with Gasteiger partial charge in [0.1, 0.15) is 6.61 Å². The van der Waals surface area contributed by atoms with Gasteiger partial charge in [0.15, 0.2) is 6.10 Å². The Morgan fingerprint density at radius 3 is 2.44 bits per heavy atom. The maximum atomic E-state index is 12.3. The van der Waals surface area contributed by atoms with Crippen LogP contribution in [0.3, 0.4) is 0 Å². The topological polar surface area (TPSA) is 114 Å². The number of nitrogens with zero attached hydrogens (tertiary/aromatic N) is 3. The van der Waals surface area contributed by atoms with Crippen molar-refractivity contribution in [1.29, 1.82) is 0 Å². The lowest BCUT2D eigenvalue weighted by Crippen LogP contribution is -2.52. The number of non-ortho nitro benzene ring substituents is 1. The molecule has 1 N–H and O–H groups in total. The van der Waals surface area contributed by atoms with Crippen molar-refractivity contribution in [2.75, 3.05) is 44.2 Å². The average molecular weight is 440 g/mol. The molecule has 0 aliphatic carbocycles. The highest BCUT2D eigenvalue weighted by Crippen LogP contribution is 2.18. The van der Waals surface area contributed by atoms with Crippen LogP contribution in [0.15, 0.2) is 54.6 Å². The van der Waals surface area contributed by atoms with E-state index in [4.69, 9.17) is 9.47 Å². The minimum Gasteiger partial charge on any atom is -0.458 e. The van der Waals surface area contributed by atoms with Crippen LogP contribution in [0.1, 0.15) is 10.4 Å². The number of hydrogen-bond donors (Lipinski definition) is 1. The van der Waals surface area contributed by atoms with Gasteiger partial charge in [0.05, 0.1) is 16.5 Å². The van der Waals surface area contributed by atoms with E-state index in [1.807, 2.05) is 18.2 Å². The molecule has 0 unspecified atom stereocenters. The van der Waals surface area contributed by atoms with E-state index in [9.17, 15) is 19.7 Å². The molecule has 10 heteroatoms. The van der Waals surface area contributed by atoms with Crippen LogP contribution in [-0.4, -0.2) is 73.4 Å². The van der Waals surface area contributed by atoms with Crippen molar-refractivity contribution in [2.24, 2.45) is 0 Å². The number of carbonyl (C=O) groups is 2. The Morgan fingerprint density at radius 2 is 1.78 bits per heavy atom. The smallest absolute Gasteiger partial charge is 0.408 e. The molecule has 2 aromatic rings. The quantitative estimate of drug-likeness (QED) is 0.395. The molecule has 2 aromatic carbocycles. The van der Waals surface area contributed by atoms with Crippen LogP contribution < -0.4 is 10.2 Å². The third kappa shape index (κ3) is 5.14. The highest BCUT2D eigenvalue weighted by Gasteiger charge is 2.36. The van der Waals surface area contributed by atoms with Crippen LogP contribution >= 0.6 is 0 Å². The van der Waals surface area contributed by atoms with Crippen molar-refractivity contribution in [3.8, 4) is 0 Å². The van der Waals surface area contributed by atoms with Crippen molar-refractivity contribution in [3.05, 3.63) is 70.3 Å². The minimum absolute atomic E-state index is 0.0940. The van der Waals surface area contributed by atoms with Gasteiger partial charge < -0.3 is 19.7 Å². The molecular formula is C22H24N4O6. The Bertz CT molecular complexity index is 960. The molecule has 1 amide bonds. The molecule has 2 heterocycles. The van der Waals surface area contributed by atoms with E-state index >= 15 is 0 Å². The number of hydrogen-bond acceptors (Lipinski definition) is 8. The van der Waals surface area contributed by atoms with Gasteiger partial charge in [-0.2, -0.15) is 0 Å². The predicted molar refractivity (Wildman–Crippen MR) is 116 cm³/mol. The molecule has 10 nitrogen and oxygen atoms in total. The summed E-state index contributed by atoms with van der Waals surface area (Å²) in [5.74, 6) is -0.627. The highest BCUT2D eigenvalue weighted by molar-refractivity contribution is 5.89. The van der Waals surface area contributed by atoms with E-state index in [2.05, 4.69) is 27.2 Å². The molecule has 2 saturated heterocycles. The summed E-state index contributed by atoms with van der Waals surface area (Å²) in [6.45, 7) is 3.95. The van der Waals surface area contributed by atoms with Gasteiger partial charge in [0.25, 0.3) is 5.69 Å². The Hall–Kier alpha value is -3.66. The molecule has 0 radical (unpaired) electrons. The normalized spacial score (nSPS) is 21.0. The van der Waals surface area contributed by atoms with Gasteiger partial charge in [-0.25, -0.2) is 9.59 Å². The van der Waals surface area contributed by atoms with Crippen molar-refractivity contribution < 1.29 is 24.0 Å². The zero-order valence-corrected chi connectivity index (χ0v) is 17.4. The summed E-state index contributed by atoms with van der Waals surface area (Å²) in [6.07, 6.45) is -1.13. The number of anilines is 1. The molecule has 168 valence electrons. The molecule has 0 bridgehead atoms. The number of cyclic esters (lactones) is 1. The van der Waals surface area contributed by atoms with Gasteiger partial charge in [-0.15, -0.1) is 0 Å². The monoisotopic (exact) mass is 440 g/mol. The second-order valence-corrected chi connectivity index (χ2v) is 7.72. The van der Waals surface area contributed by atoms with Crippen LogP contribution in [0.2, 0.25) is 0 Å². The summed E-state index contributed by atoms with van der Waals surface area (Å²) < 4.78 is 10.6. The number of alkyl carbamates (subject to hydrolysis) is 1. The van der Waals surface area contributed by atoms with Crippen LogP contribution in [0, 0.1) is 10.1 Å². The fourth-order valence-electron chi connectivity index (χ4n) is 3.88. The lowest BCUT2D eigenvalue weighted by Gasteiger charge is -2.37. The van der Waals surface area contributed by atoms with E-state index in [0.29, 0.717) is 6.54 Å². The number of amides is 1. The molecule has 2 fully saturated rings. The fourth-order valence-corrected chi connectivity index (χ4v) is 3.88. The summed E-state index contributed by atoms with van der Waals surface area (Å²) in [5.41, 5.74) is 1.28. The van der Waals surface area contributed by atoms with E-state index in [1.54, 1.807) is 0 Å². The number of para-hydroxylation sites is 1. The van der Waals surface area contributed by atoms with E-state index in [1.165, 1.54) is 30.0 Å². The molecular weight excluding hydrogens is 416 g/mol. The van der Waals surface area contributed by atoms with Gasteiger partial charge in [-0.05, 0) is 24.3 Å². The number of nitro benzene ring substituents is 1. The first-order valence-corrected chi connectivity index (χ1v) is 10.4. The van der Waals surface area contributed by atoms with Crippen LogP contribution in [-0.2, 0) is 9.47 Å². The summed E-state index contributed by atoms with van der Waals surface area (Å²) in [6, 6.07) is 15.1.